The van der Waals surface area contributed by atoms with Crippen LogP contribution in [0.25, 0.3) is 114 Å². The van der Waals surface area contributed by atoms with Crippen molar-refractivity contribution in [2.75, 3.05) is 0 Å². The lowest BCUT2D eigenvalue weighted by Crippen LogP contribution is -2.00. The summed E-state index contributed by atoms with van der Waals surface area (Å²) in [6.07, 6.45) is 7.06. The summed E-state index contributed by atoms with van der Waals surface area (Å²) in [5, 5.41) is 0. The van der Waals surface area contributed by atoms with Crippen molar-refractivity contribution in [3.8, 4) is 114 Å². The number of nitrogens with zero attached hydrogens (tertiary/aromatic N) is 11. The number of hydrogen-bond donors (Lipinski definition) is 0. The minimum atomic E-state index is 0.646. The molecule has 0 fully saturated rings. The SMILES string of the molecule is c1ccc(-c2cccc(-c3ccc(-c4cccc(-c5ccc(-c6cccc(-c7ccccn7)n6)c(-c6cccc(-c7ccccn7)n6)n5)n4)nc3-c3cccc(-c4ccccn4)n3)n2)nc1. The van der Waals surface area contributed by atoms with Crippen LogP contribution in [0.3, 0.4) is 0 Å². The highest BCUT2D eigenvalue weighted by Gasteiger charge is 2.19. The first-order valence-corrected chi connectivity index (χ1v) is 21.3. The molecule has 0 saturated heterocycles. The van der Waals surface area contributed by atoms with Gasteiger partial charge in [-0.1, -0.05) is 54.6 Å². The first kappa shape index (κ1) is 39.5. The van der Waals surface area contributed by atoms with Crippen molar-refractivity contribution in [3.05, 3.63) is 213 Å². The van der Waals surface area contributed by atoms with E-state index in [1.165, 1.54) is 0 Å². The number of pyridine rings is 11. The summed E-state index contributed by atoms with van der Waals surface area (Å²) in [6, 6.07) is 60.6. The summed E-state index contributed by atoms with van der Waals surface area (Å²) in [5.74, 6) is 0. The summed E-state index contributed by atoms with van der Waals surface area (Å²) < 4.78 is 0. The number of hydrogen-bond acceptors (Lipinski definition) is 11. The van der Waals surface area contributed by atoms with Crippen LogP contribution in [0.4, 0.5) is 0 Å². The summed E-state index contributed by atoms with van der Waals surface area (Å²) >= 11 is 0. The van der Waals surface area contributed by atoms with Crippen LogP contribution in [0.15, 0.2) is 213 Å². The Morgan fingerprint density at radius 3 is 0.727 bits per heavy atom. The fourth-order valence-corrected chi connectivity index (χ4v) is 7.66. The van der Waals surface area contributed by atoms with Crippen molar-refractivity contribution >= 4 is 0 Å². The molecule has 0 aromatic carbocycles. The maximum absolute atomic E-state index is 5.30. The molecule has 11 nitrogen and oxygen atoms in total. The summed E-state index contributed by atoms with van der Waals surface area (Å²) in [5.41, 5.74) is 14.3. The van der Waals surface area contributed by atoms with E-state index >= 15 is 0 Å². The van der Waals surface area contributed by atoms with E-state index in [4.69, 9.17) is 34.9 Å². The zero-order valence-corrected chi connectivity index (χ0v) is 35.1. The van der Waals surface area contributed by atoms with Gasteiger partial charge in [-0.05, 0) is 133 Å². The maximum Gasteiger partial charge on any atom is 0.0988 e. The van der Waals surface area contributed by atoms with Crippen LogP contribution in [-0.2, 0) is 0 Å². The van der Waals surface area contributed by atoms with Gasteiger partial charge in [0.25, 0.3) is 0 Å². The molecule has 0 aliphatic heterocycles. The quantitative estimate of drug-likeness (QED) is 0.130. The van der Waals surface area contributed by atoms with Crippen LogP contribution in [-0.4, -0.2) is 54.8 Å². The molecule has 66 heavy (non-hydrogen) atoms. The Balaban J connectivity index is 1.03. The summed E-state index contributed by atoms with van der Waals surface area (Å²) in [6.45, 7) is 0. The average Bonchev–Trinajstić information content (AvgIpc) is 3.42. The van der Waals surface area contributed by atoms with E-state index in [9.17, 15) is 0 Å². The van der Waals surface area contributed by atoms with Crippen molar-refractivity contribution in [1.82, 2.24) is 54.8 Å². The Labute approximate surface area is 379 Å². The highest BCUT2D eigenvalue weighted by molar-refractivity contribution is 5.83. The molecule has 11 aromatic heterocycles. The van der Waals surface area contributed by atoms with Gasteiger partial charge in [-0.2, -0.15) is 0 Å². The van der Waals surface area contributed by atoms with E-state index < -0.39 is 0 Å². The maximum atomic E-state index is 5.30. The molecule has 11 aromatic rings. The van der Waals surface area contributed by atoms with E-state index in [1.807, 2.05) is 188 Å². The van der Waals surface area contributed by atoms with Crippen LogP contribution in [0.1, 0.15) is 0 Å². The van der Waals surface area contributed by atoms with Crippen LogP contribution >= 0.6 is 0 Å². The van der Waals surface area contributed by atoms with Gasteiger partial charge in [-0.3, -0.25) is 19.9 Å². The Hall–Kier alpha value is -9.35. The van der Waals surface area contributed by atoms with Gasteiger partial charge in [-0.25, -0.2) is 34.9 Å². The minimum Gasteiger partial charge on any atom is -0.255 e. The zero-order valence-electron chi connectivity index (χ0n) is 35.1. The predicted octanol–water partition coefficient (Wildman–Crippen LogP) is 11.7. The minimum absolute atomic E-state index is 0.646. The number of aromatic nitrogens is 11. The van der Waals surface area contributed by atoms with E-state index in [-0.39, 0.29) is 0 Å². The molecule has 310 valence electrons. The first-order valence-electron chi connectivity index (χ1n) is 21.3. The standard InChI is InChI=1S/C55H35N11/c1-5-32-56-40(14-1)44-20-9-18-38(60-44)36-28-30-50(65-54(36)52-26-12-22-46(63-52)42-16-3-7-34-58-42)48-24-11-25-49(62-48)51-31-29-37(39-19-10-21-45(61-39)41-15-2-6-33-57-41)55(66-51)53-27-13-23-47(64-53)43-17-4-8-35-59-43/h1-35H. The fraction of sp³-hybridized carbons (Fsp3) is 0. The molecule has 0 unspecified atom stereocenters. The molecular weight excluding hydrogens is 815 g/mol. The summed E-state index contributed by atoms with van der Waals surface area (Å²) in [7, 11) is 0. The molecule has 11 rings (SSSR count). The van der Waals surface area contributed by atoms with E-state index in [0.717, 1.165) is 68.1 Å². The normalized spacial score (nSPS) is 11.0. The lowest BCUT2D eigenvalue weighted by Gasteiger charge is -2.14. The third kappa shape index (κ3) is 8.18. The van der Waals surface area contributed by atoms with Crippen molar-refractivity contribution in [3.63, 3.8) is 0 Å². The largest absolute Gasteiger partial charge is 0.255 e. The van der Waals surface area contributed by atoms with Gasteiger partial charge in [0.05, 0.1) is 102 Å². The van der Waals surface area contributed by atoms with E-state index in [1.54, 1.807) is 24.8 Å². The van der Waals surface area contributed by atoms with Gasteiger partial charge in [-0.15, -0.1) is 0 Å². The van der Waals surface area contributed by atoms with Gasteiger partial charge in [0.2, 0.25) is 0 Å². The number of rotatable bonds is 10. The second kappa shape index (κ2) is 17.8. The average molecular weight is 850 g/mol. The van der Waals surface area contributed by atoms with Crippen LogP contribution < -0.4 is 0 Å². The van der Waals surface area contributed by atoms with Gasteiger partial charge in [0.1, 0.15) is 0 Å². The fourth-order valence-electron chi connectivity index (χ4n) is 7.66. The Bertz CT molecular complexity index is 3250. The molecule has 11 heterocycles. The third-order valence-electron chi connectivity index (χ3n) is 10.8. The highest BCUT2D eigenvalue weighted by Crippen LogP contribution is 2.36. The van der Waals surface area contributed by atoms with Gasteiger partial charge < -0.3 is 0 Å². The Morgan fingerprint density at radius 2 is 0.409 bits per heavy atom. The lowest BCUT2D eigenvalue weighted by atomic mass is 10.0. The van der Waals surface area contributed by atoms with Crippen molar-refractivity contribution < 1.29 is 0 Å². The Morgan fingerprint density at radius 1 is 0.167 bits per heavy atom. The van der Waals surface area contributed by atoms with Crippen molar-refractivity contribution in [1.29, 1.82) is 0 Å². The highest BCUT2D eigenvalue weighted by atomic mass is 14.9. The molecule has 0 bridgehead atoms. The van der Waals surface area contributed by atoms with Gasteiger partial charge in [0.15, 0.2) is 0 Å². The second-order valence-corrected chi connectivity index (χ2v) is 15.1. The first-order chi connectivity index (χ1) is 32.7. The van der Waals surface area contributed by atoms with E-state index in [2.05, 4.69) is 19.9 Å². The smallest absolute Gasteiger partial charge is 0.0988 e. The second-order valence-electron chi connectivity index (χ2n) is 15.1. The molecule has 0 saturated carbocycles. The van der Waals surface area contributed by atoms with Crippen molar-refractivity contribution in [2.45, 2.75) is 0 Å². The van der Waals surface area contributed by atoms with Crippen LogP contribution in [0, 0.1) is 0 Å². The third-order valence-corrected chi connectivity index (χ3v) is 10.8. The monoisotopic (exact) mass is 849 g/mol. The predicted molar refractivity (Wildman–Crippen MR) is 257 cm³/mol. The molecule has 0 radical (unpaired) electrons. The molecular formula is C55H35N11. The Kier molecular flexibility index (Phi) is 10.6. The van der Waals surface area contributed by atoms with Crippen molar-refractivity contribution in [2.24, 2.45) is 0 Å². The molecule has 0 amide bonds. The van der Waals surface area contributed by atoms with Gasteiger partial charge in [0, 0.05) is 35.9 Å². The van der Waals surface area contributed by atoms with Crippen LogP contribution in [0.5, 0.6) is 0 Å². The molecule has 0 aliphatic rings. The molecule has 0 N–H and O–H groups in total. The lowest BCUT2D eigenvalue weighted by molar-refractivity contribution is 1.18. The molecule has 0 atom stereocenters. The van der Waals surface area contributed by atoms with E-state index in [0.29, 0.717) is 45.6 Å². The molecule has 0 spiro atoms. The molecule has 0 aliphatic carbocycles. The molecule has 11 heteroatoms. The van der Waals surface area contributed by atoms with Gasteiger partial charge >= 0.3 is 0 Å². The topological polar surface area (TPSA) is 142 Å². The zero-order chi connectivity index (χ0) is 44.1. The van der Waals surface area contributed by atoms with Crippen LogP contribution in [0.2, 0.25) is 0 Å². The summed E-state index contributed by atoms with van der Waals surface area (Å²) in [4.78, 5) is 54.3.